The Bertz CT molecular complexity index is 386. The first kappa shape index (κ1) is 14.4. The van der Waals surface area contributed by atoms with Gasteiger partial charge in [-0.3, -0.25) is 0 Å². The fourth-order valence-electron chi connectivity index (χ4n) is 2.70. The van der Waals surface area contributed by atoms with E-state index in [-0.39, 0.29) is 0 Å². The summed E-state index contributed by atoms with van der Waals surface area (Å²) in [6, 6.07) is 6.31. The molecule has 0 unspecified atom stereocenters. The van der Waals surface area contributed by atoms with Crippen molar-refractivity contribution in [3.8, 4) is 5.75 Å². The van der Waals surface area contributed by atoms with Crippen LogP contribution in [-0.4, -0.2) is 20.3 Å². The third-order valence-corrected chi connectivity index (χ3v) is 3.75. The van der Waals surface area contributed by atoms with Crippen LogP contribution in [0.4, 0.5) is 0 Å². The van der Waals surface area contributed by atoms with E-state index in [4.69, 9.17) is 9.47 Å². The smallest absolute Gasteiger partial charge is 0.124 e. The molecule has 1 aliphatic rings. The number of ether oxygens (including phenoxy) is 2. The van der Waals surface area contributed by atoms with Crippen LogP contribution in [0, 0.1) is 0 Å². The monoisotopic (exact) mass is 263 g/mol. The van der Waals surface area contributed by atoms with Crippen molar-refractivity contribution in [2.24, 2.45) is 0 Å². The summed E-state index contributed by atoms with van der Waals surface area (Å²) >= 11 is 0. The van der Waals surface area contributed by atoms with Crippen molar-refractivity contribution in [3.05, 3.63) is 29.3 Å². The third kappa shape index (κ3) is 4.22. The SMILES string of the molecule is CNCc1ccc(OC)c(COC2CCCCC2)c1. The standard InChI is InChI=1S/C16H25NO2/c1-17-11-13-8-9-16(18-2)14(10-13)12-19-15-6-4-3-5-7-15/h8-10,15,17H,3-7,11-12H2,1-2H3. The van der Waals surface area contributed by atoms with Gasteiger partial charge in [0.1, 0.15) is 5.75 Å². The predicted molar refractivity (Wildman–Crippen MR) is 77.4 cm³/mol. The lowest BCUT2D eigenvalue weighted by molar-refractivity contribution is 0.0160. The van der Waals surface area contributed by atoms with Crippen molar-refractivity contribution in [3.63, 3.8) is 0 Å². The maximum Gasteiger partial charge on any atom is 0.124 e. The summed E-state index contributed by atoms with van der Waals surface area (Å²) < 4.78 is 11.5. The molecule has 3 heteroatoms. The molecule has 0 aliphatic heterocycles. The summed E-state index contributed by atoms with van der Waals surface area (Å²) in [5, 5.41) is 3.17. The lowest BCUT2D eigenvalue weighted by atomic mass is 9.98. The Morgan fingerprint density at radius 1 is 1.21 bits per heavy atom. The number of methoxy groups -OCH3 is 1. The second-order valence-electron chi connectivity index (χ2n) is 5.25. The molecule has 1 aliphatic carbocycles. The summed E-state index contributed by atoms with van der Waals surface area (Å²) in [5.74, 6) is 0.927. The van der Waals surface area contributed by atoms with E-state index in [1.54, 1.807) is 7.11 Å². The Hall–Kier alpha value is -1.06. The fraction of sp³-hybridized carbons (Fsp3) is 0.625. The van der Waals surface area contributed by atoms with Crippen molar-refractivity contribution >= 4 is 0 Å². The van der Waals surface area contributed by atoms with Gasteiger partial charge >= 0.3 is 0 Å². The number of rotatable bonds is 6. The highest BCUT2D eigenvalue weighted by atomic mass is 16.5. The number of nitrogens with one attached hydrogen (secondary N) is 1. The minimum Gasteiger partial charge on any atom is -0.496 e. The average molecular weight is 263 g/mol. The second kappa shape index (κ2) is 7.51. The van der Waals surface area contributed by atoms with Gasteiger partial charge in [-0.15, -0.1) is 0 Å². The molecule has 1 aromatic rings. The Kier molecular flexibility index (Phi) is 5.67. The van der Waals surface area contributed by atoms with Gasteiger partial charge in [0.05, 0.1) is 19.8 Å². The van der Waals surface area contributed by atoms with E-state index in [9.17, 15) is 0 Å². The van der Waals surface area contributed by atoms with Crippen LogP contribution in [0.2, 0.25) is 0 Å². The van der Waals surface area contributed by atoms with Crippen LogP contribution in [0.15, 0.2) is 18.2 Å². The van der Waals surface area contributed by atoms with Crippen molar-refractivity contribution in [2.75, 3.05) is 14.2 Å². The molecule has 2 rings (SSSR count). The van der Waals surface area contributed by atoms with Gasteiger partial charge in [0.15, 0.2) is 0 Å². The molecule has 1 fully saturated rings. The van der Waals surface area contributed by atoms with Gasteiger partial charge in [-0.2, -0.15) is 0 Å². The van der Waals surface area contributed by atoms with Crippen LogP contribution in [-0.2, 0) is 17.9 Å². The molecule has 0 bridgehead atoms. The maximum atomic E-state index is 6.04. The Morgan fingerprint density at radius 3 is 2.68 bits per heavy atom. The van der Waals surface area contributed by atoms with Crippen LogP contribution < -0.4 is 10.1 Å². The van der Waals surface area contributed by atoms with Crippen molar-refractivity contribution < 1.29 is 9.47 Å². The van der Waals surface area contributed by atoms with E-state index in [0.717, 1.165) is 17.9 Å². The Morgan fingerprint density at radius 2 is 2.00 bits per heavy atom. The first-order chi connectivity index (χ1) is 9.33. The lowest BCUT2D eigenvalue weighted by Gasteiger charge is -2.22. The van der Waals surface area contributed by atoms with Crippen molar-refractivity contribution in [2.45, 2.75) is 51.4 Å². The molecule has 0 spiro atoms. The van der Waals surface area contributed by atoms with E-state index in [1.165, 1.54) is 37.7 Å². The molecule has 1 aromatic carbocycles. The van der Waals surface area contributed by atoms with Gasteiger partial charge in [-0.25, -0.2) is 0 Å². The predicted octanol–water partition coefficient (Wildman–Crippen LogP) is 3.26. The maximum absolute atomic E-state index is 6.04. The molecule has 0 amide bonds. The largest absolute Gasteiger partial charge is 0.496 e. The summed E-state index contributed by atoms with van der Waals surface area (Å²) in [4.78, 5) is 0. The first-order valence-corrected chi connectivity index (χ1v) is 7.25. The zero-order chi connectivity index (χ0) is 13.5. The summed E-state index contributed by atoms with van der Waals surface area (Å²) in [6.45, 7) is 1.53. The topological polar surface area (TPSA) is 30.5 Å². The number of hydrogen-bond donors (Lipinski definition) is 1. The van der Waals surface area contributed by atoms with E-state index < -0.39 is 0 Å². The highest BCUT2D eigenvalue weighted by Crippen LogP contribution is 2.25. The lowest BCUT2D eigenvalue weighted by Crippen LogP contribution is -2.16. The second-order valence-corrected chi connectivity index (χ2v) is 5.25. The van der Waals surface area contributed by atoms with Crippen LogP contribution in [0.3, 0.4) is 0 Å². The molecule has 3 nitrogen and oxygen atoms in total. The molecular formula is C16H25NO2. The van der Waals surface area contributed by atoms with Gasteiger partial charge in [-0.1, -0.05) is 25.3 Å². The molecule has 0 radical (unpaired) electrons. The molecule has 0 saturated heterocycles. The van der Waals surface area contributed by atoms with Gasteiger partial charge in [0, 0.05) is 12.1 Å². The molecule has 106 valence electrons. The molecule has 1 saturated carbocycles. The molecule has 0 aromatic heterocycles. The molecule has 0 atom stereocenters. The van der Waals surface area contributed by atoms with Gasteiger partial charge in [0.2, 0.25) is 0 Å². The Labute approximate surface area is 116 Å². The summed E-state index contributed by atoms with van der Waals surface area (Å²) in [5.41, 5.74) is 2.42. The Balaban J connectivity index is 1.97. The summed E-state index contributed by atoms with van der Waals surface area (Å²) in [7, 11) is 3.68. The molecule has 0 heterocycles. The highest BCUT2D eigenvalue weighted by molar-refractivity contribution is 5.36. The zero-order valence-corrected chi connectivity index (χ0v) is 12.1. The highest BCUT2D eigenvalue weighted by Gasteiger charge is 2.14. The van der Waals surface area contributed by atoms with Crippen molar-refractivity contribution in [1.29, 1.82) is 0 Å². The zero-order valence-electron chi connectivity index (χ0n) is 12.1. The first-order valence-electron chi connectivity index (χ1n) is 7.25. The average Bonchev–Trinajstić information content (AvgIpc) is 2.47. The summed E-state index contributed by atoms with van der Waals surface area (Å²) in [6.07, 6.45) is 6.83. The minimum atomic E-state index is 0.436. The minimum absolute atomic E-state index is 0.436. The van der Waals surface area contributed by atoms with Crippen LogP contribution >= 0.6 is 0 Å². The van der Waals surface area contributed by atoms with Crippen LogP contribution in [0.25, 0.3) is 0 Å². The van der Waals surface area contributed by atoms with E-state index in [0.29, 0.717) is 12.7 Å². The van der Waals surface area contributed by atoms with Crippen LogP contribution in [0.5, 0.6) is 5.75 Å². The third-order valence-electron chi connectivity index (χ3n) is 3.75. The number of benzene rings is 1. The molecule has 19 heavy (non-hydrogen) atoms. The quantitative estimate of drug-likeness (QED) is 0.854. The van der Waals surface area contributed by atoms with Gasteiger partial charge in [-0.05, 0) is 37.6 Å². The van der Waals surface area contributed by atoms with E-state index in [2.05, 4.69) is 17.4 Å². The molecular weight excluding hydrogens is 238 g/mol. The van der Waals surface area contributed by atoms with Crippen LogP contribution in [0.1, 0.15) is 43.2 Å². The molecule has 1 N–H and O–H groups in total. The fourth-order valence-corrected chi connectivity index (χ4v) is 2.70. The van der Waals surface area contributed by atoms with Gasteiger partial charge < -0.3 is 14.8 Å². The van der Waals surface area contributed by atoms with E-state index in [1.807, 2.05) is 13.1 Å². The number of hydrogen-bond acceptors (Lipinski definition) is 3. The van der Waals surface area contributed by atoms with E-state index >= 15 is 0 Å². The normalized spacial score (nSPS) is 16.5. The van der Waals surface area contributed by atoms with Crippen molar-refractivity contribution in [1.82, 2.24) is 5.32 Å². The van der Waals surface area contributed by atoms with Gasteiger partial charge in [0.25, 0.3) is 0 Å².